The molecule has 2 rings (SSSR count). The number of amides is 1. The molecule has 0 aromatic heterocycles. The quantitative estimate of drug-likeness (QED) is 0.831. The van der Waals surface area contributed by atoms with Gasteiger partial charge in [-0.05, 0) is 31.0 Å². The van der Waals surface area contributed by atoms with E-state index in [1.54, 1.807) is 0 Å². The second-order valence-corrected chi connectivity index (χ2v) is 4.53. The fraction of sp³-hybridized carbons (Fsp3) is 0.500. The number of carbonyl (C=O) groups excluding carboxylic acids is 1. The number of ether oxygens (including phenoxy) is 1. The first-order valence-electron chi connectivity index (χ1n) is 6.48. The molecule has 1 atom stereocenters. The molecule has 0 spiro atoms. The maximum atomic E-state index is 11.4. The van der Waals surface area contributed by atoms with E-state index in [9.17, 15) is 4.79 Å². The Balaban J connectivity index is 1.86. The maximum Gasteiger partial charge on any atom is 0.224 e. The van der Waals surface area contributed by atoms with Gasteiger partial charge in [0.1, 0.15) is 0 Å². The van der Waals surface area contributed by atoms with Crippen molar-refractivity contribution in [3.63, 3.8) is 0 Å². The zero-order valence-electron chi connectivity index (χ0n) is 10.7. The molecular weight excluding hydrogens is 228 g/mol. The summed E-state index contributed by atoms with van der Waals surface area (Å²) in [5, 5.41) is 6.22. The molecule has 0 aliphatic carbocycles. The van der Waals surface area contributed by atoms with Crippen molar-refractivity contribution >= 4 is 11.6 Å². The van der Waals surface area contributed by atoms with Crippen molar-refractivity contribution in [2.45, 2.75) is 25.8 Å². The van der Waals surface area contributed by atoms with E-state index in [4.69, 9.17) is 4.74 Å². The van der Waals surface area contributed by atoms with Crippen LogP contribution in [-0.4, -0.2) is 31.7 Å². The van der Waals surface area contributed by atoms with Crippen LogP contribution in [0, 0.1) is 0 Å². The molecule has 0 radical (unpaired) electrons. The van der Waals surface area contributed by atoms with Gasteiger partial charge >= 0.3 is 0 Å². The third-order valence-corrected chi connectivity index (χ3v) is 2.99. The number of nitrogens with one attached hydrogen (secondary N) is 2. The lowest BCUT2D eigenvalue weighted by molar-refractivity contribution is -0.120. The highest BCUT2D eigenvalue weighted by Crippen LogP contribution is 2.15. The largest absolute Gasteiger partial charge is 0.380 e. The molecule has 4 nitrogen and oxygen atoms in total. The third-order valence-electron chi connectivity index (χ3n) is 2.99. The Morgan fingerprint density at radius 3 is 2.78 bits per heavy atom. The lowest BCUT2D eigenvalue weighted by atomic mass is 10.1. The molecule has 1 aromatic rings. The second-order valence-electron chi connectivity index (χ2n) is 4.53. The molecule has 2 N–H and O–H groups in total. The molecule has 0 bridgehead atoms. The summed E-state index contributed by atoms with van der Waals surface area (Å²) in [5.74, 6) is 0.0717. The Kier molecular flexibility index (Phi) is 4.59. The predicted octanol–water partition coefficient (Wildman–Crippen LogP) is 1.57. The van der Waals surface area contributed by atoms with Crippen molar-refractivity contribution in [2.24, 2.45) is 0 Å². The number of benzene rings is 1. The van der Waals surface area contributed by atoms with Crippen molar-refractivity contribution in [1.29, 1.82) is 0 Å². The number of anilines is 1. The standard InChI is InChI=1S/C14H20N2O2/c1-2-15-14(17)9-11-3-5-12(6-4-11)16-13-7-8-18-10-13/h3-6,13,16H,2,7-10H2,1H3,(H,15,17). The van der Waals surface area contributed by atoms with Gasteiger partial charge < -0.3 is 15.4 Å². The molecule has 1 fully saturated rings. The summed E-state index contributed by atoms with van der Waals surface area (Å²) in [4.78, 5) is 11.4. The average molecular weight is 248 g/mol. The first-order valence-corrected chi connectivity index (χ1v) is 6.48. The molecule has 1 unspecified atom stereocenters. The minimum Gasteiger partial charge on any atom is -0.380 e. The van der Waals surface area contributed by atoms with Crippen molar-refractivity contribution in [3.8, 4) is 0 Å². The van der Waals surface area contributed by atoms with E-state index in [-0.39, 0.29) is 5.91 Å². The lowest BCUT2D eigenvalue weighted by Gasteiger charge is -2.12. The van der Waals surface area contributed by atoms with Crippen LogP contribution < -0.4 is 10.6 Å². The van der Waals surface area contributed by atoms with E-state index >= 15 is 0 Å². The molecule has 0 saturated carbocycles. The van der Waals surface area contributed by atoms with Gasteiger partial charge in [0, 0.05) is 18.8 Å². The van der Waals surface area contributed by atoms with Gasteiger partial charge in [0.15, 0.2) is 0 Å². The summed E-state index contributed by atoms with van der Waals surface area (Å²) >= 11 is 0. The minimum absolute atomic E-state index is 0.0717. The van der Waals surface area contributed by atoms with Crippen LogP contribution in [0.2, 0.25) is 0 Å². The number of hydrogen-bond acceptors (Lipinski definition) is 3. The van der Waals surface area contributed by atoms with Gasteiger partial charge in [-0.1, -0.05) is 12.1 Å². The summed E-state index contributed by atoms with van der Waals surface area (Å²) in [6.07, 6.45) is 1.50. The van der Waals surface area contributed by atoms with E-state index in [0.29, 0.717) is 19.0 Å². The highest BCUT2D eigenvalue weighted by Gasteiger charge is 2.14. The lowest BCUT2D eigenvalue weighted by Crippen LogP contribution is -2.24. The van der Waals surface area contributed by atoms with Gasteiger partial charge in [-0.3, -0.25) is 4.79 Å². The highest BCUT2D eigenvalue weighted by atomic mass is 16.5. The van der Waals surface area contributed by atoms with E-state index in [1.165, 1.54) is 0 Å². The Morgan fingerprint density at radius 2 is 2.17 bits per heavy atom. The monoisotopic (exact) mass is 248 g/mol. The fourth-order valence-corrected chi connectivity index (χ4v) is 2.05. The van der Waals surface area contributed by atoms with E-state index in [0.717, 1.165) is 30.9 Å². The number of likely N-dealkylation sites (N-methyl/N-ethyl adjacent to an activating group) is 1. The Morgan fingerprint density at radius 1 is 1.39 bits per heavy atom. The minimum atomic E-state index is 0.0717. The predicted molar refractivity (Wildman–Crippen MR) is 71.7 cm³/mol. The van der Waals surface area contributed by atoms with Crippen LogP contribution in [0.5, 0.6) is 0 Å². The molecule has 18 heavy (non-hydrogen) atoms. The average Bonchev–Trinajstić information content (AvgIpc) is 2.85. The van der Waals surface area contributed by atoms with Gasteiger partial charge in [-0.15, -0.1) is 0 Å². The molecule has 1 heterocycles. The zero-order chi connectivity index (χ0) is 12.8. The number of carbonyl (C=O) groups is 1. The van der Waals surface area contributed by atoms with Gasteiger partial charge in [0.05, 0.1) is 19.1 Å². The molecule has 1 aliphatic rings. The van der Waals surface area contributed by atoms with Crippen molar-refractivity contribution in [3.05, 3.63) is 29.8 Å². The molecule has 98 valence electrons. The van der Waals surface area contributed by atoms with Gasteiger partial charge in [-0.2, -0.15) is 0 Å². The van der Waals surface area contributed by atoms with Crippen molar-refractivity contribution < 1.29 is 9.53 Å². The van der Waals surface area contributed by atoms with Crippen LogP contribution in [0.4, 0.5) is 5.69 Å². The molecular formula is C14H20N2O2. The Hall–Kier alpha value is -1.55. The van der Waals surface area contributed by atoms with Crippen LogP contribution in [0.15, 0.2) is 24.3 Å². The first-order chi connectivity index (χ1) is 8.78. The van der Waals surface area contributed by atoms with E-state index < -0.39 is 0 Å². The van der Waals surface area contributed by atoms with Crippen LogP contribution >= 0.6 is 0 Å². The van der Waals surface area contributed by atoms with Crippen LogP contribution in [0.3, 0.4) is 0 Å². The Labute approximate surface area is 108 Å². The van der Waals surface area contributed by atoms with Crippen LogP contribution in [-0.2, 0) is 16.0 Å². The number of rotatable bonds is 5. The first kappa shape index (κ1) is 12.9. The summed E-state index contributed by atoms with van der Waals surface area (Å²) in [5.41, 5.74) is 2.12. The topological polar surface area (TPSA) is 50.4 Å². The third kappa shape index (κ3) is 3.74. The molecule has 1 aliphatic heterocycles. The van der Waals surface area contributed by atoms with Gasteiger partial charge in [0.2, 0.25) is 5.91 Å². The molecule has 1 aromatic carbocycles. The van der Waals surface area contributed by atoms with Crippen molar-refractivity contribution in [1.82, 2.24) is 5.32 Å². The van der Waals surface area contributed by atoms with Gasteiger partial charge in [-0.25, -0.2) is 0 Å². The molecule has 1 saturated heterocycles. The van der Waals surface area contributed by atoms with E-state index in [1.807, 2.05) is 31.2 Å². The van der Waals surface area contributed by atoms with Crippen LogP contribution in [0.25, 0.3) is 0 Å². The van der Waals surface area contributed by atoms with Gasteiger partial charge in [0.25, 0.3) is 0 Å². The normalized spacial score (nSPS) is 18.6. The SMILES string of the molecule is CCNC(=O)Cc1ccc(NC2CCOC2)cc1. The summed E-state index contributed by atoms with van der Waals surface area (Å²) < 4.78 is 5.32. The Bertz CT molecular complexity index is 383. The number of hydrogen-bond donors (Lipinski definition) is 2. The maximum absolute atomic E-state index is 11.4. The zero-order valence-corrected chi connectivity index (χ0v) is 10.7. The second kappa shape index (κ2) is 6.40. The molecule has 1 amide bonds. The highest BCUT2D eigenvalue weighted by molar-refractivity contribution is 5.78. The summed E-state index contributed by atoms with van der Waals surface area (Å²) in [6, 6.07) is 8.44. The smallest absolute Gasteiger partial charge is 0.224 e. The van der Waals surface area contributed by atoms with Crippen molar-refractivity contribution in [2.75, 3.05) is 25.1 Å². The summed E-state index contributed by atoms with van der Waals surface area (Å²) in [6.45, 7) is 4.22. The van der Waals surface area contributed by atoms with E-state index in [2.05, 4.69) is 10.6 Å². The summed E-state index contributed by atoms with van der Waals surface area (Å²) in [7, 11) is 0. The fourth-order valence-electron chi connectivity index (χ4n) is 2.05. The van der Waals surface area contributed by atoms with Crippen LogP contribution in [0.1, 0.15) is 18.9 Å². The molecule has 4 heteroatoms.